The van der Waals surface area contributed by atoms with Crippen molar-refractivity contribution in [3.8, 4) is 0 Å². The molecule has 12 heavy (non-hydrogen) atoms. The highest BCUT2D eigenvalue weighted by Crippen LogP contribution is 2.32. The molecular weight excluding hydrogens is 168 g/mol. The highest BCUT2D eigenvalue weighted by molar-refractivity contribution is 8.00. The zero-order valence-corrected chi connectivity index (χ0v) is 7.67. The van der Waals surface area contributed by atoms with Crippen molar-refractivity contribution >= 4 is 17.8 Å². The fraction of sp³-hybridized carbons (Fsp3) is 0.200. The summed E-state index contributed by atoms with van der Waals surface area (Å²) in [7, 11) is 1.73. The number of hydrogen-bond donors (Lipinski definition) is 0. The molecule has 62 valence electrons. The summed E-state index contributed by atoms with van der Waals surface area (Å²) in [5, 5.41) is 0. The maximum atomic E-state index is 5.22. The number of benzene rings is 1. The first-order valence-electron chi connectivity index (χ1n) is 3.87. The largest absolute Gasteiger partial charge is 0.366 e. The van der Waals surface area contributed by atoms with E-state index in [1.807, 2.05) is 0 Å². The van der Waals surface area contributed by atoms with Crippen molar-refractivity contribution in [2.75, 3.05) is 7.11 Å². The molecule has 0 saturated carbocycles. The van der Waals surface area contributed by atoms with E-state index in [1.54, 1.807) is 18.9 Å². The van der Waals surface area contributed by atoms with Crippen molar-refractivity contribution in [3.05, 3.63) is 35.9 Å². The number of methoxy groups -OCH3 is 1. The van der Waals surface area contributed by atoms with Crippen LogP contribution < -0.4 is 0 Å². The third-order valence-corrected chi connectivity index (χ3v) is 3.03. The molecule has 1 aromatic rings. The Bertz CT molecular complexity index is 306. The van der Waals surface area contributed by atoms with E-state index in [9.17, 15) is 0 Å². The van der Waals surface area contributed by atoms with Gasteiger partial charge in [0.15, 0.2) is 0 Å². The van der Waals surface area contributed by atoms with E-state index in [0.717, 1.165) is 0 Å². The topological polar surface area (TPSA) is 9.23 Å². The average molecular weight is 178 g/mol. The molecule has 0 N–H and O–H groups in total. The second kappa shape index (κ2) is 3.33. The van der Waals surface area contributed by atoms with E-state index in [0.29, 0.717) is 0 Å². The lowest BCUT2D eigenvalue weighted by atomic mass is 10.2. The molecule has 1 aromatic carbocycles. The highest BCUT2D eigenvalue weighted by Gasteiger charge is 2.11. The third kappa shape index (κ3) is 1.40. The van der Waals surface area contributed by atoms with Crippen LogP contribution in [0.15, 0.2) is 35.2 Å². The van der Waals surface area contributed by atoms with E-state index in [2.05, 4.69) is 36.4 Å². The predicted octanol–water partition coefficient (Wildman–Crippen LogP) is 2.78. The maximum absolute atomic E-state index is 5.22. The number of ether oxygens (including phenoxy) is 1. The summed E-state index contributed by atoms with van der Waals surface area (Å²) in [4.78, 5) is 1.30. The Hall–Kier alpha value is -0.730. The van der Waals surface area contributed by atoms with Crippen LogP contribution in [-0.2, 0) is 4.74 Å². The average Bonchev–Trinajstić information content (AvgIpc) is 2.17. The SMILES string of the molecule is COC1C=Cc2ccccc2S1. The summed E-state index contributed by atoms with van der Waals surface area (Å²) >= 11 is 1.75. The molecule has 0 aromatic heterocycles. The summed E-state index contributed by atoms with van der Waals surface area (Å²) in [5.41, 5.74) is 1.47. The van der Waals surface area contributed by atoms with Crippen LogP contribution in [0.25, 0.3) is 6.08 Å². The van der Waals surface area contributed by atoms with Crippen molar-refractivity contribution in [2.45, 2.75) is 10.3 Å². The van der Waals surface area contributed by atoms with E-state index in [-0.39, 0.29) is 5.44 Å². The van der Waals surface area contributed by atoms with Gasteiger partial charge >= 0.3 is 0 Å². The molecule has 1 aliphatic rings. The molecule has 0 bridgehead atoms. The molecule has 2 rings (SSSR count). The van der Waals surface area contributed by atoms with Crippen molar-refractivity contribution in [2.24, 2.45) is 0 Å². The summed E-state index contributed by atoms with van der Waals surface area (Å²) in [5.74, 6) is 0. The zero-order chi connectivity index (χ0) is 8.39. The Labute approximate surface area is 76.4 Å². The fourth-order valence-electron chi connectivity index (χ4n) is 1.20. The molecule has 1 nitrogen and oxygen atoms in total. The second-order valence-electron chi connectivity index (χ2n) is 2.62. The van der Waals surface area contributed by atoms with E-state index in [4.69, 9.17) is 4.74 Å². The van der Waals surface area contributed by atoms with Crippen LogP contribution in [0.1, 0.15) is 5.56 Å². The monoisotopic (exact) mass is 178 g/mol. The first-order valence-corrected chi connectivity index (χ1v) is 4.75. The lowest BCUT2D eigenvalue weighted by Crippen LogP contribution is -2.04. The van der Waals surface area contributed by atoms with Crippen LogP contribution in [0, 0.1) is 0 Å². The number of hydrogen-bond acceptors (Lipinski definition) is 2. The Morgan fingerprint density at radius 1 is 1.33 bits per heavy atom. The maximum Gasteiger partial charge on any atom is 0.125 e. The molecule has 1 atom stereocenters. The van der Waals surface area contributed by atoms with Crippen molar-refractivity contribution in [3.63, 3.8) is 0 Å². The Balaban J connectivity index is 2.33. The van der Waals surface area contributed by atoms with Crippen LogP contribution in [0.2, 0.25) is 0 Å². The smallest absolute Gasteiger partial charge is 0.125 e. The summed E-state index contributed by atoms with van der Waals surface area (Å²) in [6.07, 6.45) is 4.19. The van der Waals surface area contributed by atoms with Gasteiger partial charge in [-0.05, 0) is 17.7 Å². The lowest BCUT2D eigenvalue weighted by molar-refractivity contribution is 0.208. The molecular formula is C10H10OS. The molecule has 0 amide bonds. The molecule has 0 spiro atoms. The van der Waals surface area contributed by atoms with Gasteiger partial charge in [0.1, 0.15) is 5.44 Å². The van der Waals surface area contributed by atoms with Gasteiger partial charge in [0, 0.05) is 12.0 Å². The summed E-state index contributed by atoms with van der Waals surface area (Å²) < 4.78 is 5.22. The highest BCUT2D eigenvalue weighted by atomic mass is 32.2. The first-order chi connectivity index (χ1) is 5.90. The van der Waals surface area contributed by atoms with Gasteiger partial charge in [0.05, 0.1) is 0 Å². The summed E-state index contributed by atoms with van der Waals surface area (Å²) in [6.45, 7) is 0. The number of thioether (sulfide) groups is 1. The van der Waals surface area contributed by atoms with Gasteiger partial charge < -0.3 is 4.74 Å². The van der Waals surface area contributed by atoms with Crippen LogP contribution in [0.3, 0.4) is 0 Å². The van der Waals surface area contributed by atoms with E-state index >= 15 is 0 Å². The first kappa shape index (κ1) is 7.90. The molecule has 1 heterocycles. The molecule has 0 fully saturated rings. The van der Waals surface area contributed by atoms with E-state index < -0.39 is 0 Å². The molecule has 0 radical (unpaired) electrons. The van der Waals surface area contributed by atoms with E-state index in [1.165, 1.54) is 10.5 Å². The zero-order valence-electron chi connectivity index (χ0n) is 6.86. The number of fused-ring (bicyclic) bond motifs is 1. The van der Waals surface area contributed by atoms with Crippen LogP contribution >= 0.6 is 11.8 Å². The van der Waals surface area contributed by atoms with Crippen LogP contribution in [0.4, 0.5) is 0 Å². The molecule has 1 aliphatic heterocycles. The normalized spacial score (nSPS) is 20.6. The van der Waals surface area contributed by atoms with Crippen molar-refractivity contribution < 1.29 is 4.74 Å². The Morgan fingerprint density at radius 2 is 2.17 bits per heavy atom. The van der Waals surface area contributed by atoms with Gasteiger partial charge in [-0.25, -0.2) is 0 Å². The minimum Gasteiger partial charge on any atom is -0.366 e. The van der Waals surface area contributed by atoms with Gasteiger partial charge in [-0.1, -0.05) is 36.0 Å². The van der Waals surface area contributed by atoms with Gasteiger partial charge in [0.2, 0.25) is 0 Å². The minimum absolute atomic E-state index is 0.180. The summed E-state index contributed by atoms with van der Waals surface area (Å²) in [6, 6.07) is 8.34. The molecule has 1 unspecified atom stereocenters. The van der Waals surface area contributed by atoms with Gasteiger partial charge in [0.25, 0.3) is 0 Å². The quantitative estimate of drug-likeness (QED) is 0.654. The molecule has 0 aliphatic carbocycles. The van der Waals surface area contributed by atoms with Gasteiger partial charge in [-0.2, -0.15) is 0 Å². The fourth-order valence-corrected chi connectivity index (χ4v) is 2.13. The van der Waals surface area contributed by atoms with Gasteiger partial charge in [-0.3, -0.25) is 0 Å². The standard InChI is InChI=1S/C10H10OS/c1-11-10-7-6-8-4-2-3-5-9(8)12-10/h2-7,10H,1H3. The van der Waals surface area contributed by atoms with Crippen LogP contribution in [-0.4, -0.2) is 12.5 Å². The Morgan fingerprint density at radius 3 is 3.00 bits per heavy atom. The Kier molecular flexibility index (Phi) is 2.19. The third-order valence-electron chi connectivity index (χ3n) is 1.83. The van der Waals surface area contributed by atoms with Crippen molar-refractivity contribution in [1.82, 2.24) is 0 Å². The van der Waals surface area contributed by atoms with Crippen LogP contribution in [0.5, 0.6) is 0 Å². The number of rotatable bonds is 1. The minimum atomic E-state index is 0.180. The molecule has 2 heteroatoms. The predicted molar refractivity (Wildman–Crippen MR) is 52.1 cm³/mol. The van der Waals surface area contributed by atoms with Gasteiger partial charge in [-0.15, -0.1) is 0 Å². The lowest BCUT2D eigenvalue weighted by Gasteiger charge is -2.16. The van der Waals surface area contributed by atoms with Crippen molar-refractivity contribution in [1.29, 1.82) is 0 Å². The molecule has 0 saturated heterocycles. The second-order valence-corrected chi connectivity index (χ2v) is 3.76.